The number of fused-ring (bicyclic) bond motifs is 2. The van der Waals surface area contributed by atoms with E-state index in [0.29, 0.717) is 17.3 Å². The molecule has 1 unspecified atom stereocenters. The summed E-state index contributed by atoms with van der Waals surface area (Å²) in [5, 5.41) is 7.28. The van der Waals surface area contributed by atoms with Crippen molar-refractivity contribution in [3.05, 3.63) is 78.3 Å². The molecule has 9 nitrogen and oxygen atoms in total. The van der Waals surface area contributed by atoms with Crippen molar-refractivity contribution in [1.29, 1.82) is 0 Å². The molecule has 0 spiro atoms. The van der Waals surface area contributed by atoms with E-state index in [1.165, 1.54) is 58.4 Å². The van der Waals surface area contributed by atoms with Gasteiger partial charge in [0.15, 0.2) is 11.5 Å². The SMILES string of the molecule is NC(=O)c1nn(CC(=O)N2[C@@H]3CC3C[C@H]2C(=O)Nc2cccc(-c3ccccc3F)c2F)c2cnccc12. The van der Waals surface area contributed by atoms with E-state index >= 15 is 4.39 Å². The highest BCUT2D eigenvalue weighted by molar-refractivity contribution is 6.04. The standard InChI is InChI=1S/C27H22F2N6O3/c28-18-6-2-1-4-15(18)16-5-3-7-19(24(16)29)32-27(38)21-11-14-10-20(14)35(21)23(36)13-34-22-12-31-9-8-17(22)25(33-34)26(30)37/h1-9,12,14,20-21H,10-11,13H2,(H2,30,37)(H,32,38)/t14?,20-,21+/m1/s1. The van der Waals surface area contributed by atoms with E-state index < -0.39 is 29.5 Å². The monoisotopic (exact) mass is 516 g/mol. The minimum absolute atomic E-state index is 0.0209. The minimum atomic E-state index is -0.807. The maximum atomic E-state index is 15.3. The highest BCUT2D eigenvalue weighted by atomic mass is 19.1. The topological polar surface area (TPSA) is 123 Å². The number of nitrogens with one attached hydrogen (secondary N) is 1. The molecule has 2 aromatic heterocycles. The van der Waals surface area contributed by atoms with Crippen molar-refractivity contribution in [3.8, 4) is 11.1 Å². The molecular formula is C27H22F2N6O3. The average molecular weight is 517 g/mol. The first kappa shape index (κ1) is 23.7. The van der Waals surface area contributed by atoms with Crippen LogP contribution >= 0.6 is 0 Å². The van der Waals surface area contributed by atoms with Gasteiger partial charge in [-0.15, -0.1) is 0 Å². The number of piperidine rings is 1. The minimum Gasteiger partial charge on any atom is -0.364 e. The summed E-state index contributed by atoms with van der Waals surface area (Å²) in [5.74, 6) is -2.78. The summed E-state index contributed by atoms with van der Waals surface area (Å²) in [6, 6.07) is 10.9. The van der Waals surface area contributed by atoms with Crippen molar-refractivity contribution in [2.75, 3.05) is 5.32 Å². The maximum Gasteiger partial charge on any atom is 0.269 e. The Morgan fingerprint density at radius 3 is 2.61 bits per heavy atom. The number of rotatable bonds is 6. The summed E-state index contributed by atoms with van der Waals surface area (Å²) < 4.78 is 30.9. The first-order valence-electron chi connectivity index (χ1n) is 12.1. The zero-order valence-electron chi connectivity index (χ0n) is 20.0. The Balaban J connectivity index is 1.24. The molecule has 192 valence electrons. The lowest BCUT2D eigenvalue weighted by Crippen LogP contribution is -2.46. The van der Waals surface area contributed by atoms with E-state index in [4.69, 9.17) is 5.73 Å². The number of carbonyl (C=O) groups is 3. The quantitative estimate of drug-likeness (QED) is 0.408. The fourth-order valence-corrected chi connectivity index (χ4v) is 5.31. The second kappa shape index (κ2) is 9.02. The normalized spacial score (nSPS) is 19.8. The first-order valence-corrected chi connectivity index (χ1v) is 12.1. The lowest BCUT2D eigenvalue weighted by atomic mass is 10.0. The van der Waals surface area contributed by atoms with Gasteiger partial charge in [0.05, 0.1) is 17.4 Å². The lowest BCUT2D eigenvalue weighted by molar-refractivity contribution is -0.138. The van der Waals surface area contributed by atoms with E-state index in [2.05, 4.69) is 15.4 Å². The van der Waals surface area contributed by atoms with Gasteiger partial charge < -0.3 is 16.0 Å². The molecular weight excluding hydrogens is 494 g/mol. The van der Waals surface area contributed by atoms with Crippen molar-refractivity contribution >= 4 is 34.3 Å². The molecule has 3 N–H and O–H groups in total. The predicted octanol–water partition coefficient (Wildman–Crippen LogP) is 3.10. The van der Waals surface area contributed by atoms with Gasteiger partial charge in [-0.3, -0.25) is 24.0 Å². The van der Waals surface area contributed by atoms with E-state index in [1.807, 2.05) is 0 Å². The first-order chi connectivity index (χ1) is 18.3. The van der Waals surface area contributed by atoms with Crippen molar-refractivity contribution < 1.29 is 23.2 Å². The molecule has 2 aromatic carbocycles. The molecule has 2 fully saturated rings. The molecule has 1 saturated heterocycles. The van der Waals surface area contributed by atoms with Crippen LogP contribution in [0.25, 0.3) is 22.0 Å². The van der Waals surface area contributed by atoms with Crippen molar-refractivity contribution in [1.82, 2.24) is 19.7 Å². The third-order valence-corrected chi connectivity index (χ3v) is 7.19. The molecule has 1 saturated carbocycles. The number of amides is 3. The zero-order chi connectivity index (χ0) is 26.6. The van der Waals surface area contributed by atoms with Crippen LogP contribution in [-0.2, 0) is 16.1 Å². The fourth-order valence-electron chi connectivity index (χ4n) is 5.31. The van der Waals surface area contributed by atoms with Gasteiger partial charge in [-0.2, -0.15) is 5.10 Å². The molecule has 3 heterocycles. The Hall–Kier alpha value is -4.67. The summed E-state index contributed by atoms with van der Waals surface area (Å²) in [6.45, 7) is -0.223. The smallest absolute Gasteiger partial charge is 0.269 e. The summed E-state index contributed by atoms with van der Waals surface area (Å²) in [4.78, 5) is 44.1. The van der Waals surface area contributed by atoms with Crippen LogP contribution in [-0.4, -0.2) is 49.5 Å². The molecule has 0 radical (unpaired) electrons. The lowest BCUT2D eigenvalue weighted by Gasteiger charge is -2.27. The van der Waals surface area contributed by atoms with Gasteiger partial charge in [-0.25, -0.2) is 8.78 Å². The molecule has 1 aliphatic carbocycles. The highest BCUT2D eigenvalue weighted by Gasteiger charge is 2.56. The number of hydrogen-bond acceptors (Lipinski definition) is 5. The van der Waals surface area contributed by atoms with Gasteiger partial charge in [0.2, 0.25) is 11.8 Å². The van der Waals surface area contributed by atoms with E-state index in [1.54, 1.807) is 12.1 Å². The van der Waals surface area contributed by atoms with Crippen LogP contribution < -0.4 is 11.1 Å². The molecule has 3 amide bonds. The maximum absolute atomic E-state index is 15.3. The molecule has 4 aromatic rings. The summed E-state index contributed by atoms with van der Waals surface area (Å²) in [5.41, 5.74) is 5.94. The van der Waals surface area contributed by atoms with Crippen LogP contribution in [0, 0.1) is 17.6 Å². The van der Waals surface area contributed by atoms with Crippen LogP contribution in [0.5, 0.6) is 0 Å². The highest BCUT2D eigenvalue weighted by Crippen LogP contribution is 2.48. The molecule has 38 heavy (non-hydrogen) atoms. The third-order valence-electron chi connectivity index (χ3n) is 7.19. The number of pyridine rings is 1. The van der Waals surface area contributed by atoms with Crippen molar-refractivity contribution in [2.24, 2.45) is 11.7 Å². The van der Waals surface area contributed by atoms with Crippen molar-refractivity contribution in [2.45, 2.75) is 31.5 Å². The number of carbonyl (C=O) groups excluding carboxylic acids is 3. The molecule has 2 aliphatic rings. The van der Waals surface area contributed by atoms with E-state index in [0.717, 1.165) is 6.42 Å². The van der Waals surface area contributed by atoms with Crippen LogP contribution in [0.2, 0.25) is 0 Å². The second-order valence-electron chi connectivity index (χ2n) is 9.52. The molecule has 3 atom stereocenters. The Morgan fingerprint density at radius 1 is 1.03 bits per heavy atom. The summed E-state index contributed by atoms with van der Waals surface area (Å²) in [7, 11) is 0. The summed E-state index contributed by atoms with van der Waals surface area (Å²) in [6.07, 6.45) is 4.21. The Labute approximate surface area is 215 Å². The number of anilines is 1. The van der Waals surface area contributed by atoms with E-state index in [-0.39, 0.29) is 46.9 Å². The molecule has 11 heteroatoms. The number of likely N-dealkylation sites (tertiary alicyclic amines) is 1. The number of halogens is 2. The fraction of sp³-hybridized carbons (Fsp3) is 0.222. The van der Waals surface area contributed by atoms with Crippen LogP contribution in [0.4, 0.5) is 14.5 Å². The van der Waals surface area contributed by atoms with Gasteiger partial charge >= 0.3 is 0 Å². The Bertz CT molecular complexity index is 1620. The average Bonchev–Trinajstić information content (AvgIpc) is 3.40. The van der Waals surface area contributed by atoms with Gasteiger partial charge in [-0.05, 0) is 37.0 Å². The molecule has 1 aliphatic heterocycles. The number of benzene rings is 2. The Morgan fingerprint density at radius 2 is 1.82 bits per heavy atom. The summed E-state index contributed by atoms with van der Waals surface area (Å²) >= 11 is 0. The van der Waals surface area contributed by atoms with Crippen molar-refractivity contribution in [3.63, 3.8) is 0 Å². The number of hydrogen-bond donors (Lipinski definition) is 2. The number of nitrogens with zero attached hydrogens (tertiary/aromatic N) is 4. The van der Waals surface area contributed by atoms with Gasteiger partial charge in [0.25, 0.3) is 5.91 Å². The molecule has 0 bridgehead atoms. The number of nitrogens with two attached hydrogens (primary N) is 1. The van der Waals surface area contributed by atoms with Crippen LogP contribution in [0.1, 0.15) is 23.3 Å². The van der Waals surface area contributed by atoms with Gasteiger partial charge in [-0.1, -0.05) is 30.3 Å². The van der Waals surface area contributed by atoms with Gasteiger partial charge in [0.1, 0.15) is 18.4 Å². The number of primary amides is 1. The Kier molecular flexibility index (Phi) is 5.63. The number of aromatic nitrogens is 3. The van der Waals surface area contributed by atoms with Crippen LogP contribution in [0.3, 0.4) is 0 Å². The molecule has 6 rings (SSSR count). The largest absolute Gasteiger partial charge is 0.364 e. The van der Waals surface area contributed by atoms with E-state index in [9.17, 15) is 18.8 Å². The zero-order valence-corrected chi connectivity index (χ0v) is 20.0. The van der Waals surface area contributed by atoms with Gasteiger partial charge in [0, 0.05) is 28.8 Å². The second-order valence-corrected chi connectivity index (χ2v) is 9.52. The predicted molar refractivity (Wildman–Crippen MR) is 134 cm³/mol. The van der Waals surface area contributed by atoms with Crippen LogP contribution in [0.15, 0.2) is 60.9 Å². The third kappa shape index (κ3) is 3.96.